The average molecular weight is 276 g/mol. The zero-order valence-corrected chi connectivity index (χ0v) is 14.0. The Hall–Kier alpha value is -0.440. The second-order valence-corrected chi connectivity index (χ2v) is 2.55. The topological polar surface area (TPSA) is 118 Å². The number of ether oxygens (including phenoxy) is 1. The predicted octanol–water partition coefficient (Wildman–Crippen LogP) is -6.04. The van der Waals surface area contributed by atoms with Gasteiger partial charge >= 0.3 is 83.0 Å². The Labute approximate surface area is 149 Å². The van der Waals surface area contributed by atoms with Crippen molar-refractivity contribution >= 4 is 23.9 Å². The zero-order chi connectivity index (χ0) is 12.7. The molecular formula is C9H10Na2O7. The number of hydrogen-bond donors (Lipinski definition) is 2. The van der Waals surface area contributed by atoms with Gasteiger partial charge in [-0.2, -0.15) is 0 Å². The van der Waals surface area contributed by atoms with Crippen LogP contribution in [0.15, 0.2) is 24.3 Å². The van der Waals surface area contributed by atoms with Crippen LogP contribution in [0.3, 0.4) is 0 Å². The fourth-order valence-electron chi connectivity index (χ4n) is 0.571. The average Bonchev–Trinajstić information content (AvgIpc) is 2.14. The van der Waals surface area contributed by atoms with Crippen molar-refractivity contribution in [2.45, 2.75) is 6.42 Å². The van der Waals surface area contributed by atoms with Gasteiger partial charge in [-0.05, 0) is 0 Å². The van der Waals surface area contributed by atoms with Gasteiger partial charge in [0.25, 0.3) is 0 Å². The van der Waals surface area contributed by atoms with Gasteiger partial charge in [0.05, 0.1) is 6.42 Å². The number of carboxylic acid groups (broad SMARTS) is 2. The first-order chi connectivity index (χ1) is 7.32. The molecule has 0 saturated heterocycles. The summed E-state index contributed by atoms with van der Waals surface area (Å²) in [6.07, 6.45) is 0.368. The first-order valence-electron chi connectivity index (χ1n) is 3.89. The Morgan fingerprint density at radius 1 is 1.11 bits per heavy atom. The number of carbonyl (C=O) groups excluding carboxylic acids is 2. The summed E-state index contributed by atoms with van der Waals surface area (Å²) < 4.78 is 4.07. The maximum atomic E-state index is 10.9. The van der Waals surface area contributed by atoms with Crippen LogP contribution in [-0.2, 0) is 23.9 Å². The van der Waals surface area contributed by atoms with E-state index in [4.69, 9.17) is 10.2 Å². The smallest absolute Gasteiger partial charge is 1.00 e. The van der Waals surface area contributed by atoms with Crippen LogP contribution in [0.2, 0.25) is 0 Å². The van der Waals surface area contributed by atoms with Gasteiger partial charge in [0.1, 0.15) is 0 Å². The SMILES string of the molecule is C=C(CC(=O)OC(=O)/C=C\C(=O)O)C(=O)O.[H-].[H-].[Na+].[Na+]. The van der Waals surface area contributed by atoms with E-state index in [9.17, 15) is 19.2 Å². The van der Waals surface area contributed by atoms with E-state index >= 15 is 0 Å². The van der Waals surface area contributed by atoms with E-state index < -0.39 is 35.9 Å². The number of esters is 2. The molecule has 0 heterocycles. The van der Waals surface area contributed by atoms with Gasteiger partial charge in [-0.25, -0.2) is 14.4 Å². The molecule has 0 aliphatic carbocycles. The van der Waals surface area contributed by atoms with Crippen LogP contribution in [-0.4, -0.2) is 34.1 Å². The number of hydrogen-bond acceptors (Lipinski definition) is 5. The molecule has 0 aromatic rings. The molecule has 0 radical (unpaired) electrons. The van der Waals surface area contributed by atoms with Crippen molar-refractivity contribution in [2.75, 3.05) is 0 Å². The molecule has 0 aliphatic heterocycles. The van der Waals surface area contributed by atoms with Crippen molar-refractivity contribution < 1.29 is 96.1 Å². The van der Waals surface area contributed by atoms with Crippen molar-refractivity contribution in [2.24, 2.45) is 0 Å². The van der Waals surface area contributed by atoms with Gasteiger partial charge in [-0.1, -0.05) is 6.58 Å². The molecule has 0 saturated carbocycles. The minimum atomic E-state index is -1.38. The van der Waals surface area contributed by atoms with Crippen LogP contribution >= 0.6 is 0 Å². The molecule has 0 fully saturated rings. The summed E-state index contributed by atoms with van der Waals surface area (Å²) in [7, 11) is 0. The molecule has 9 heteroatoms. The summed E-state index contributed by atoms with van der Waals surface area (Å²) in [5.74, 6) is -5.07. The molecule has 0 spiro atoms. The maximum absolute atomic E-state index is 10.9. The third-order valence-electron chi connectivity index (χ3n) is 1.24. The van der Waals surface area contributed by atoms with Crippen LogP contribution in [0.25, 0.3) is 0 Å². The minimum Gasteiger partial charge on any atom is -1.00 e. The molecule has 0 aromatic carbocycles. The minimum absolute atomic E-state index is 0. The Bertz CT molecular complexity index is 396. The van der Waals surface area contributed by atoms with Crippen LogP contribution in [0.4, 0.5) is 0 Å². The first-order valence-corrected chi connectivity index (χ1v) is 3.89. The molecule has 0 aromatic heterocycles. The Kier molecular flexibility index (Phi) is 14.7. The Morgan fingerprint density at radius 2 is 1.61 bits per heavy atom. The predicted molar refractivity (Wildman–Crippen MR) is 51.5 cm³/mol. The van der Waals surface area contributed by atoms with Gasteiger partial charge in [0.2, 0.25) is 0 Å². The standard InChI is InChI=1S/C9H8O7.2Na.2H/c1-5(9(14)15)4-8(13)16-7(12)3-2-6(10)11;;;;/h2-3H,1,4H2,(H,10,11)(H,14,15);;;;/q;2*+1;2*-1/b3-2-;;;;. The summed E-state index contributed by atoms with van der Waals surface area (Å²) in [4.78, 5) is 41.8. The van der Waals surface area contributed by atoms with Gasteiger partial charge in [0, 0.05) is 17.7 Å². The fourth-order valence-corrected chi connectivity index (χ4v) is 0.571. The molecule has 2 N–H and O–H groups in total. The normalized spacial score (nSPS) is 8.67. The van der Waals surface area contributed by atoms with E-state index in [0.717, 1.165) is 0 Å². The molecule has 0 bridgehead atoms. The van der Waals surface area contributed by atoms with Crippen molar-refractivity contribution in [3.63, 3.8) is 0 Å². The summed E-state index contributed by atoms with van der Waals surface area (Å²) in [6, 6.07) is 0. The molecule has 18 heavy (non-hydrogen) atoms. The summed E-state index contributed by atoms with van der Waals surface area (Å²) in [6.45, 7) is 3.05. The van der Waals surface area contributed by atoms with Gasteiger partial charge in [-0.15, -0.1) is 0 Å². The molecule has 0 aliphatic rings. The third kappa shape index (κ3) is 12.0. The monoisotopic (exact) mass is 276 g/mol. The summed E-state index contributed by atoms with van der Waals surface area (Å²) in [5, 5.41) is 16.5. The van der Waals surface area contributed by atoms with Crippen LogP contribution in [0.5, 0.6) is 0 Å². The fraction of sp³-hybridized carbons (Fsp3) is 0.111. The Balaban J connectivity index is -0.000000187. The summed E-state index contributed by atoms with van der Waals surface area (Å²) >= 11 is 0. The van der Waals surface area contributed by atoms with Crippen molar-refractivity contribution in [1.82, 2.24) is 0 Å². The quantitative estimate of drug-likeness (QED) is 0.222. The maximum Gasteiger partial charge on any atom is 1.00 e. The number of aliphatic carboxylic acids is 2. The molecular weight excluding hydrogens is 266 g/mol. The van der Waals surface area contributed by atoms with Crippen LogP contribution in [0.1, 0.15) is 9.27 Å². The number of rotatable bonds is 5. The van der Waals surface area contributed by atoms with Crippen molar-refractivity contribution in [3.05, 3.63) is 24.3 Å². The second-order valence-electron chi connectivity index (χ2n) is 2.55. The summed E-state index contributed by atoms with van der Waals surface area (Å²) in [5.41, 5.74) is -0.431. The van der Waals surface area contributed by atoms with E-state index in [1.165, 1.54) is 0 Å². The molecule has 90 valence electrons. The van der Waals surface area contributed by atoms with Crippen LogP contribution < -0.4 is 59.1 Å². The molecule has 0 atom stereocenters. The van der Waals surface area contributed by atoms with E-state index in [1.54, 1.807) is 0 Å². The van der Waals surface area contributed by atoms with E-state index in [-0.39, 0.29) is 62.0 Å². The van der Waals surface area contributed by atoms with E-state index in [1.807, 2.05) is 0 Å². The van der Waals surface area contributed by atoms with E-state index in [0.29, 0.717) is 12.2 Å². The molecule has 0 amide bonds. The Morgan fingerprint density at radius 3 is 2.00 bits per heavy atom. The van der Waals surface area contributed by atoms with Crippen molar-refractivity contribution in [3.8, 4) is 0 Å². The molecule has 0 unspecified atom stereocenters. The number of carboxylic acids is 2. The largest absolute Gasteiger partial charge is 1.00 e. The van der Waals surface area contributed by atoms with Gasteiger partial charge in [-0.3, -0.25) is 4.79 Å². The third-order valence-corrected chi connectivity index (χ3v) is 1.24. The van der Waals surface area contributed by atoms with Gasteiger partial charge in [0.15, 0.2) is 0 Å². The van der Waals surface area contributed by atoms with Crippen LogP contribution in [0, 0.1) is 0 Å². The molecule has 7 nitrogen and oxygen atoms in total. The zero-order valence-electron chi connectivity index (χ0n) is 12.0. The second kappa shape index (κ2) is 11.6. The van der Waals surface area contributed by atoms with E-state index in [2.05, 4.69) is 11.3 Å². The van der Waals surface area contributed by atoms with Gasteiger partial charge < -0.3 is 17.8 Å². The first kappa shape index (κ1) is 22.7. The number of carbonyl (C=O) groups is 4. The van der Waals surface area contributed by atoms with Crippen molar-refractivity contribution in [1.29, 1.82) is 0 Å². The molecule has 0 rings (SSSR count).